The summed E-state index contributed by atoms with van der Waals surface area (Å²) in [4.78, 5) is 17.3. The molecule has 144 valence electrons. The quantitative estimate of drug-likeness (QED) is 0.699. The van der Waals surface area contributed by atoms with Gasteiger partial charge in [-0.05, 0) is 54.8 Å². The van der Waals surface area contributed by atoms with E-state index in [0.29, 0.717) is 17.1 Å². The third-order valence-corrected chi connectivity index (χ3v) is 4.68. The highest BCUT2D eigenvalue weighted by atomic mass is 16.5. The third kappa shape index (κ3) is 4.14. The summed E-state index contributed by atoms with van der Waals surface area (Å²) in [6.45, 7) is 4.08. The fourth-order valence-electron chi connectivity index (χ4n) is 3.15. The van der Waals surface area contributed by atoms with E-state index < -0.39 is 0 Å². The number of benzene rings is 2. The van der Waals surface area contributed by atoms with Gasteiger partial charge in [-0.2, -0.15) is 0 Å². The minimum atomic E-state index is -0.311. The van der Waals surface area contributed by atoms with Gasteiger partial charge < -0.3 is 14.8 Å². The van der Waals surface area contributed by atoms with Crippen molar-refractivity contribution < 1.29 is 14.3 Å². The minimum Gasteiger partial charge on any atom is -0.493 e. The fraction of sp³-hybridized carbons (Fsp3) is 0.217. The molecule has 0 bridgehead atoms. The molecule has 0 aliphatic rings. The average molecular weight is 376 g/mol. The van der Waals surface area contributed by atoms with Crippen molar-refractivity contribution in [3.63, 3.8) is 0 Å². The summed E-state index contributed by atoms with van der Waals surface area (Å²) in [5.74, 6) is 0.896. The van der Waals surface area contributed by atoms with Crippen LogP contribution < -0.4 is 14.8 Å². The maximum absolute atomic E-state index is 13.0. The van der Waals surface area contributed by atoms with E-state index in [0.717, 1.165) is 22.3 Å². The molecule has 5 nitrogen and oxygen atoms in total. The Hall–Kier alpha value is -3.34. The number of rotatable bonds is 6. The van der Waals surface area contributed by atoms with E-state index >= 15 is 0 Å². The van der Waals surface area contributed by atoms with E-state index in [9.17, 15) is 4.79 Å². The molecular weight excluding hydrogens is 352 g/mol. The van der Waals surface area contributed by atoms with Gasteiger partial charge >= 0.3 is 0 Å². The zero-order chi connectivity index (χ0) is 20.1. The van der Waals surface area contributed by atoms with E-state index in [4.69, 9.17) is 9.47 Å². The number of pyridine rings is 1. The molecule has 2 aromatic carbocycles. The molecule has 0 aliphatic heterocycles. The first-order valence-electron chi connectivity index (χ1n) is 9.03. The number of amides is 1. The molecule has 0 saturated carbocycles. The second-order valence-corrected chi connectivity index (χ2v) is 6.62. The lowest BCUT2D eigenvalue weighted by atomic mass is 9.94. The zero-order valence-corrected chi connectivity index (χ0v) is 16.5. The number of hydrogen-bond donors (Lipinski definition) is 1. The van der Waals surface area contributed by atoms with Crippen molar-refractivity contribution in [1.82, 2.24) is 10.3 Å². The van der Waals surface area contributed by atoms with Crippen LogP contribution in [0.4, 0.5) is 0 Å². The number of nitrogens with one attached hydrogen (secondary N) is 1. The maximum atomic E-state index is 13.0. The van der Waals surface area contributed by atoms with Crippen molar-refractivity contribution in [3.8, 4) is 11.5 Å². The van der Waals surface area contributed by atoms with Crippen LogP contribution in [0, 0.1) is 13.8 Å². The molecule has 28 heavy (non-hydrogen) atoms. The molecule has 3 rings (SSSR count). The molecule has 0 radical (unpaired) electrons. The molecule has 1 aromatic heterocycles. The Labute approximate surface area is 165 Å². The summed E-state index contributed by atoms with van der Waals surface area (Å²) in [5.41, 5.74) is 4.70. The topological polar surface area (TPSA) is 60.5 Å². The number of nitrogens with zero attached hydrogens (tertiary/aromatic N) is 1. The summed E-state index contributed by atoms with van der Waals surface area (Å²) in [7, 11) is 3.12. The van der Waals surface area contributed by atoms with Gasteiger partial charge in [-0.1, -0.05) is 29.8 Å². The number of aromatic nitrogens is 1. The molecule has 3 aromatic rings. The fourth-order valence-corrected chi connectivity index (χ4v) is 3.15. The smallest absolute Gasteiger partial charge is 0.252 e. The van der Waals surface area contributed by atoms with Crippen LogP contribution in [0.1, 0.15) is 38.7 Å². The van der Waals surface area contributed by atoms with E-state index in [1.54, 1.807) is 44.8 Å². The first-order chi connectivity index (χ1) is 13.5. The van der Waals surface area contributed by atoms with Crippen LogP contribution >= 0.6 is 0 Å². The lowest BCUT2D eigenvalue weighted by molar-refractivity contribution is 0.0942. The van der Waals surface area contributed by atoms with E-state index in [2.05, 4.69) is 28.5 Å². The van der Waals surface area contributed by atoms with Crippen molar-refractivity contribution in [2.75, 3.05) is 14.2 Å². The predicted molar refractivity (Wildman–Crippen MR) is 109 cm³/mol. The second-order valence-electron chi connectivity index (χ2n) is 6.62. The summed E-state index contributed by atoms with van der Waals surface area (Å²) in [5, 5.41) is 3.15. The van der Waals surface area contributed by atoms with Gasteiger partial charge in [0.2, 0.25) is 0 Å². The molecule has 5 heteroatoms. The van der Waals surface area contributed by atoms with Crippen LogP contribution in [-0.2, 0) is 0 Å². The van der Waals surface area contributed by atoms with Gasteiger partial charge in [0.25, 0.3) is 5.91 Å². The number of ether oxygens (including phenoxy) is 2. The van der Waals surface area contributed by atoms with Crippen molar-refractivity contribution in [1.29, 1.82) is 0 Å². The van der Waals surface area contributed by atoms with Crippen LogP contribution in [0.2, 0.25) is 0 Å². The third-order valence-electron chi connectivity index (χ3n) is 4.68. The van der Waals surface area contributed by atoms with Gasteiger partial charge in [0.15, 0.2) is 11.5 Å². The van der Waals surface area contributed by atoms with E-state index in [-0.39, 0.29) is 11.9 Å². The first-order valence-corrected chi connectivity index (χ1v) is 9.03. The van der Waals surface area contributed by atoms with Crippen molar-refractivity contribution in [2.24, 2.45) is 0 Å². The number of carbonyl (C=O) groups excluding carboxylic acids is 1. The highest BCUT2D eigenvalue weighted by molar-refractivity contribution is 5.95. The molecule has 1 heterocycles. The van der Waals surface area contributed by atoms with Crippen LogP contribution in [-0.4, -0.2) is 25.1 Å². The second kappa shape index (κ2) is 8.57. The molecule has 1 unspecified atom stereocenters. The van der Waals surface area contributed by atoms with Crippen molar-refractivity contribution in [3.05, 3.63) is 88.7 Å². The monoisotopic (exact) mass is 376 g/mol. The molecule has 0 spiro atoms. The standard InChI is InChI=1S/C23H24N2O3/c1-15-7-8-16(2)19(12-15)22(18-6-5-11-24-14-18)25-23(26)17-9-10-20(27-3)21(13-17)28-4/h5-14,22H,1-4H3,(H,25,26). The lowest BCUT2D eigenvalue weighted by Gasteiger charge is -2.22. The van der Waals surface area contributed by atoms with Crippen molar-refractivity contribution >= 4 is 5.91 Å². The van der Waals surface area contributed by atoms with Crippen LogP contribution in [0.5, 0.6) is 11.5 Å². The van der Waals surface area contributed by atoms with Crippen LogP contribution in [0.15, 0.2) is 60.9 Å². The summed E-state index contributed by atoms with van der Waals surface area (Å²) >= 11 is 0. The Balaban J connectivity index is 1.98. The molecule has 0 fully saturated rings. The summed E-state index contributed by atoms with van der Waals surface area (Å²) < 4.78 is 10.6. The lowest BCUT2D eigenvalue weighted by Crippen LogP contribution is -2.30. The van der Waals surface area contributed by atoms with Gasteiger partial charge in [0, 0.05) is 18.0 Å². The molecule has 1 atom stereocenters. The number of methoxy groups -OCH3 is 2. The normalized spacial score (nSPS) is 11.6. The number of aryl methyl sites for hydroxylation is 2. The van der Waals surface area contributed by atoms with Crippen LogP contribution in [0.3, 0.4) is 0 Å². The van der Waals surface area contributed by atoms with Gasteiger partial charge in [-0.25, -0.2) is 0 Å². The molecule has 1 amide bonds. The predicted octanol–water partition coefficient (Wildman–Crippen LogP) is 4.24. The Morgan fingerprint density at radius 2 is 1.79 bits per heavy atom. The van der Waals surface area contributed by atoms with E-state index in [1.165, 1.54) is 0 Å². The van der Waals surface area contributed by atoms with Gasteiger partial charge in [-0.3, -0.25) is 9.78 Å². The Kier molecular flexibility index (Phi) is 5.94. The highest BCUT2D eigenvalue weighted by Gasteiger charge is 2.21. The summed E-state index contributed by atoms with van der Waals surface area (Å²) in [6, 6.07) is 14.9. The molecule has 1 N–H and O–H groups in total. The Bertz CT molecular complexity index is 971. The van der Waals surface area contributed by atoms with E-state index in [1.807, 2.05) is 26.0 Å². The zero-order valence-electron chi connectivity index (χ0n) is 16.5. The minimum absolute atomic E-state index is 0.198. The number of carbonyl (C=O) groups is 1. The largest absolute Gasteiger partial charge is 0.493 e. The Morgan fingerprint density at radius 1 is 1.00 bits per heavy atom. The van der Waals surface area contributed by atoms with Gasteiger partial charge in [0.1, 0.15) is 0 Å². The SMILES string of the molecule is COc1ccc(C(=O)NC(c2cccnc2)c2cc(C)ccc2C)cc1OC. The number of hydrogen-bond acceptors (Lipinski definition) is 4. The van der Waals surface area contributed by atoms with Gasteiger partial charge in [0.05, 0.1) is 20.3 Å². The first kappa shape index (κ1) is 19.4. The average Bonchev–Trinajstić information content (AvgIpc) is 2.73. The molecule has 0 saturated heterocycles. The molecular formula is C23H24N2O3. The maximum Gasteiger partial charge on any atom is 0.252 e. The summed E-state index contributed by atoms with van der Waals surface area (Å²) in [6.07, 6.45) is 3.50. The van der Waals surface area contributed by atoms with Crippen LogP contribution in [0.25, 0.3) is 0 Å². The van der Waals surface area contributed by atoms with Crippen molar-refractivity contribution in [2.45, 2.75) is 19.9 Å². The molecule has 0 aliphatic carbocycles. The van der Waals surface area contributed by atoms with Gasteiger partial charge in [-0.15, -0.1) is 0 Å². The highest BCUT2D eigenvalue weighted by Crippen LogP contribution is 2.29. The Morgan fingerprint density at radius 3 is 2.46 bits per heavy atom.